The Bertz CT molecular complexity index is 942. The largest absolute Gasteiger partial charge is 0.378 e. The fourth-order valence-electron chi connectivity index (χ4n) is 2.50. The Morgan fingerprint density at radius 1 is 1.21 bits per heavy atom. The molecule has 1 aliphatic rings. The maximum atomic E-state index is 12.5. The topological polar surface area (TPSA) is 86.2 Å². The Morgan fingerprint density at radius 3 is 2.55 bits per heavy atom. The second kappa shape index (κ2) is 9.71. The number of anilines is 2. The molecule has 2 N–H and O–H groups in total. The van der Waals surface area contributed by atoms with Crippen molar-refractivity contribution in [1.82, 2.24) is 5.32 Å². The third kappa shape index (κ3) is 6.16. The Hall–Kier alpha value is -2.65. The van der Waals surface area contributed by atoms with Crippen LogP contribution in [0.2, 0.25) is 0 Å². The van der Waals surface area contributed by atoms with Gasteiger partial charge in [0.05, 0.1) is 6.21 Å². The van der Waals surface area contributed by atoms with Crippen molar-refractivity contribution in [3.63, 3.8) is 0 Å². The van der Waals surface area contributed by atoms with Gasteiger partial charge in [0.25, 0.3) is 0 Å². The van der Waals surface area contributed by atoms with Crippen LogP contribution in [-0.4, -0.2) is 42.5 Å². The molecule has 0 unspecified atom stereocenters. The first-order valence-electron chi connectivity index (χ1n) is 8.82. The number of amidine groups is 1. The first kappa shape index (κ1) is 21.1. The molecule has 3 rings (SSSR count). The molecule has 9 heteroatoms. The van der Waals surface area contributed by atoms with Crippen LogP contribution < -0.4 is 15.5 Å². The van der Waals surface area contributed by atoms with Crippen molar-refractivity contribution in [3.05, 3.63) is 58.6 Å². The average molecular weight is 474 g/mol. The predicted octanol–water partition coefficient (Wildman–Crippen LogP) is 3.47. The van der Waals surface area contributed by atoms with Gasteiger partial charge in [0, 0.05) is 36.4 Å². The van der Waals surface area contributed by atoms with E-state index in [1.54, 1.807) is 18.3 Å². The number of hydrogen-bond acceptors (Lipinski definition) is 6. The lowest BCUT2D eigenvalue weighted by Gasteiger charge is -2.21. The Balaban J connectivity index is 1.63. The maximum Gasteiger partial charge on any atom is 0.238 e. The summed E-state index contributed by atoms with van der Waals surface area (Å²) in [6, 6.07) is 15.1. The molecule has 0 aliphatic carbocycles. The molecule has 0 bridgehead atoms. The van der Waals surface area contributed by atoms with Crippen molar-refractivity contribution in [2.24, 2.45) is 10.2 Å². The second-order valence-corrected chi connectivity index (χ2v) is 8.60. The van der Waals surface area contributed by atoms with E-state index < -0.39 is 5.25 Å². The van der Waals surface area contributed by atoms with E-state index in [1.807, 2.05) is 55.4 Å². The van der Waals surface area contributed by atoms with Gasteiger partial charge in [0.2, 0.25) is 11.8 Å². The number of nitrogens with zero attached hydrogens (tertiary/aromatic N) is 3. The van der Waals surface area contributed by atoms with Crippen LogP contribution in [0.1, 0.15) is 12.0 Å². The molecule has 0 radical (unpaired) electrons. The van der Waals surface area contributed by atoms with Crippen molar-refractivity contribution >= 4 is 62.3 Å². The lowest BCUT2D eigenvalue weighted by molar-refractivity contribution is -0.123. The summed E-state index contributed by atoms with van der Waals surface area (Å²) < 4.78 is 0.922. The van der Waals surface area contributed by atoms with Gasteiger partial charge in [-0.3, -0.25) is 9.59 Å². The van der Waals surface area contributed by atoms with E-state index in [-0.39, 0.29) is 18.2 Å². The highest BCUT2D eigenvalue weighted by Gasteiger charge is 2.30. The van der Waals surface area contributed by atoms with Crippen LogP contribution in [-0.2, 0) is 9.59 Å². The van der Waals surface area contributed by atoms with Crippen LogP contribution in [0.15, 0.2) is 63.2 Å². The Kier molecular flexibility index (Phi) is 7.05. The van der Waals surface area contributed by atoms with Crippen molar-refractivity contribution in [1.29, 1.82) is 0 Å². The monoisotopic (exact) mass is 473 g/mol. The minimum atomic E-state index is -0.569. The molecule has 0 spiro atoms. The van der Waals surface area contributed by atoms with Crippen molar-refractivity contribution in [2.75, 3.05) is 24.3 Å². The van der Waals surface area contributed by atoms with Gasteiger partial charge in [-0.05, 0) is 42.0 Å². The molecule has 2 aromatic rings. The summed E-state index contributed by atoms with van der Waals surface area (Å²) in [5.41, 5.74) is 2.64. The molecule has 150 valence electrons. The Morgan fingerprint density at radius 2 is 1.90 bits per heavy atom. The van der Waals surface area contributed by atoms with E-state index >= 15 is 0 Å². The lowest BCUT2D eigenvalue weighted by Crippen LogP contribution is -2.41. The molecule has 29 heavy (non-hydrogen) atoms. The van der Waals surface area contributed by atoms with Gasteiger partial charge in [-0.2, -0.15) is 5.10 Å². The highest BCUT2D eigenvalue weighted by molar-refractivity contribution is 9.10. The van der Waals surface area contributed by atoms with E-state index in [9.17, 15) is 9.59 Å². The molecular weight excluding hydrogens is 454 g/mol. The summed E-state index contributed by atoms with van der Waals surface area (Å²) >= 11 is 4.54. The van der Waals surface area contributed by atoms with Crippen LogP contribution >= 0.6 is 27.7 Å². The van der Waals surface area contributed by atoms with Crippen molar-refractivity contribution < 1.29 is 9.59 Å². The van der Waals surface area contributed by atoms with Crippen LogP contribution in [0, 0.1) is 0 Å². The second-order valence-electron chi connectivity index (χ2n) is 6.49. The summed E-state index contributed by atoms with van der Waals surface area (Å²) in [6.07, 6.45) is 1.69. The molecule has 1 saturated heterocycles. The first-order chi connectivity index (χ1) is 13.9. The molecule has 1 heterocycles. The van der Waals surface area contributed by atoms with E-state index in [1.165, 1.54) is 11.8 Å². The van der Waals surface area contributed by atoms with Gasteiger partial charge in [0.15, 0.2) is 5.17 Å². The number of rotatable bonds is 5. The number of nitrogens with one attached hydrogen (secondary N) is 2. The molecule has 1 atom stereocenters. The van der Waals surface area contributed by atoms with Crippen LogP contribution in [0.5, 0.6) is 0 Å². The van der Waals surface area contributed by atoms with Gasteiger partial charge in [-0.1, -0.05) is 39.8 Å². The van der Waals surface area contributed by atoms with Crippen LogP contribution in [0.25, 0.3) is 0 Å². The predicted molar refractivity (Wildman–Crippen MR) is 123 cm³/mol. The molecule has 2 amide bonds. The minimum Gasteiger partial charge on any atom is -0.378 e. The van der Waals surface area contributed by atoms with Gasteiger partial charge < -0.3 is 15.5 Å². The van der Waals surface area contributed by atoms with E-state index in [2.05, 4.69) is 36.8 Å². The van der Waals surface area contributed by atoms with E-state index in [0.29, 0.717) is 10.9 Å². The zero-order chi connectivity index (χ0) is 20.8. The van der Waals surface area contributed by atoms with Crippen molar-refractivity contribution in [2.45, 2.75) is 11.7 Å². The normalized spacial score (nSPS) is 18.0. The highest BCUT2D eigenvalue weighted by Crippen LogP contribution is 2.23. The minimum absolute atomic E-state index is 0.0851. The standard InChI is InChI=1S/C20H20BrN5O2S/c1-26(2)16-9-3-13(4-10-16)12-22-25-20-24-18(27)11-17(29-20)19(28)23-15-7-5-14(21)6-8-15/h3-10,12,17H,11H2,1-2H3,(H,23,28)(H,24,25,27)/b22-12-/t17-/m1/s1. The SMILES string of the molecule is CN(C)c1ccc(/C=N\N=C2NC(=O)C[C@H](C(=O)Nc3ccc(Br)cc3)S2)cc1. The lowest BCUT2D eigenvalue weighted by atomic mass is 10.2. The Labute approximate surface area is 181 Å². The molecule has 0 saturated carbocycles. The van der Waals surface area contributed by atoms with Gasteiger partial charge in [-0.15, -0.1) is 5.10 Å². The zero-order valence-corrected chi connectivity index (χ0v) is 18.3. The quantitative estimate of drug-likeness (QED) is 0.514. The average Bonchev–Trinajstić information content (AvgIpc) is 2.69. The first-order valence-corrected chi connectivity index (χ1v) is 10.5. The maximum absolute atomic E-state index is 12.5. The molecular formula is C20H20BrN5O2S. The molecule has 7 nitrogen and oxygen atoms in total. The highest BCUT2D eigenvalue weighted by atomic mass is 79.9. The van der Waals surface area contributed by atoms with Crippen molar-refractivity contribution in [3.8, 4) is 0 Å². The van der Waals surface area contributed by atoms with E-state index in [0.717, 1.165) is 15.7 Å². The summed E-state index contributed by atoms with van der Waals surface area (Å²) in [6.45, 7) is 0. The summed E-state index contributed by atoms with van der Waals surface area (Å²) in [4.78, 5) is 26.5. The molecule has 0 aromatic heterocycles. The van der Waals surface area contributed by atoms with Gasteiger partial charge in [0.1, 0.15) is 5.25 Å². The fraction of sp³-hybridized carbons (Fsp3) is 0.200. The van der Waals surface area contributed by atoms with Crippen LogP contribution in [0.4, 0.5) is 11.4 Å². The number of benzene rings is 2. The van der Waals surface area contributed by atoms with Crippen LogP contribution in [0.3, 0.4) is 0 Å². The number of hydrogen-bond donors (Lipinski definition) is 2. The summed E-state index contributed by atoms with van der Waals surface area (Å²) in [5.74, 6) is -0.507. The number of carbonyl (C=O) groups excluding carboxylic acids is 2. The van der Waals surface area contributed by atoms with E-state index in [4.69, 9.17) is 0 Å². The third-order valence-electron chi connectivity index (χ3n) is 4.04. The molecule has 1 fully saturated rings. The number of carbonyl (C=O) groups is 2. The number of halogens is 1. The molecule has 1 aliphatic heterocycles. The third-order valence-corrected chi connectivity index (χ3v) is 5.64. The zero-order valence-electron chi connectivity index (χ0n) is 15.9. The van der Waals surface area contributed by atoms with Gasteiger partial charge >= 0.3 is 0 Å². The number of thioether (sulfide) groups is 1. The number of amides is 2. The van der Waals surface area contributed by atoms with Gasteiger partial charge in [-0.25, -0.2) is 0 Å². The molecule has 2 aromatic carbocycles. The summed E-state index contributed by atoms with van der Waals surface area (Å²) in [5, 5.41) is 13.3. The fourth-order valence-corrected chi connectivity index (χ4v) is 3.70. The smallest absolute Gasteiger partial charge is 0.238 e. The summed E-state index contributed by atoms with van der Waals surface area (Å²) in [7, 11) is 3.95.